The monoisotopic (exact) mass is 304 g/mol. The second-order valence-corrected chi connectivity index (χ2v) is 5.33. The molecule has 118 valence electrons. The fraction of sp³-hybridized carbons (Fsp3) is 0.500. The Morgan fingerprint density at radius 3 is 2.29 bits per heavy atom. The zero-order chi connectivity index (χ0) is 16.1. The van der Waals surface area contributed by atoms with Gasteiger partial charge in [0.2, 0.25) is 5.91 Å². The van der Waals surface area contributed by atoms with Gasteiger partial charge in [0, 0.05) is 18.5 Å². The smallest absolute Gasteiger partial charge is 0.406 e. The van der Waals surface area contributed by atoms with E-state index >= 15 is 0 Å². The van der Waals surface area contributed by atoms with Crippen molar-refractivity contribution in [3.63, 3.8) is 0 Å². The lowest BCUT2D eigenvalue weighted by Crippen LogP contribution is -2.48. The van der Waals surface area contributed by atoms with E-state index in [0.717, 1.165) is 5.56 Å². The van der Waals surface area contributed by atoms with Gasteiger partial charge in [-0.15, -0.1) is 13.2 Å². The van der Waals surface area contributed by atoms with Gasteiger partial charge in [-0.2, -0.15) is 0 Å². The molecule has 0 saturated heterocycles. The molecule has 0 saturated carbocycles. The van der Waals surface area contributed by atoms with Gasteiger partial charge in [0.25, 0.3) is 0 Å². The maximum atomic E-state index is 12.0. The van der Waals surface area contributed by atoms with Crippen molar-refractivity contribution in [3.05, 3.63) is 29.8 Å². The van der Waals surface area contributed by atoms with E-state index in [1.165, 1.54) is 24.3 Å². The molecule has 1 amide bonds. The molecular weight excluding hydrogens is 285 g/mol. The van der Waals surface area contributed by atoms with Crippen LogP contribution in [0, 0.1) is 0 Å². The first kappa shape index (κ1) is 17.3. The number of carbonyl (C=O) groups excluding carboxylic acids is 1. The maximum absolute atomic E-state index is 12.0. The number of nitrogens with one attached hydrogen (secondary N) is 1. The van der Waals surface area contributed by atoms with E-state index in [9.17, 15) is 18.0 Å². The van der Waals surface area contributed by atoms with Crippen LogP contribution in [0.1, 0.15) is 25.8 Å². The Morgan fingerprint density at radius 2 is 1.81 bits per heavy atom. The van der Waals surface area contributed by atoms with Gasteiger partial charge < -0.3 is 15.8 Å². The minimum Gasteiger partial charge on any atom is -0.406 e. The number of aryl methyl sites for hydroxylation is 1. The fourth-order valence-electron chi connectivity index (χ4n) is 1.61. The van der Waals surface area contributed by atoms with Crippen molar-refractivity contribution in [1.29, 1.82) is 0 Å². The molecule has 4 nitrogen and oxygen atoms in total. The van der Waals surface area contributed by atoms with E-state index < -0.39 is 11.9 Å². The SMILES string of the molecule is CC(C)(CN)NC(=O)CCc1ccc(OC(F)(F)F)cc1. The first-order valence-corrected chi connectivity index (χ1v) is 6.47. The molecule has 0 aromatic heterocycles. The number of benzene rings is 1. The lowest BCUT2D eigenvalue weighted by Gasteiger charge is -2.24. The maximum Gasteiger partial charge on any atom is 0.573 e. The van der Waals surface area contributed by atoms with Gasteiger partial charge in [0.05, 0.1) is 0 Å². The highest BCUT2D eigenvalue weighted by atomic mass is 19.4. The van der Waals surface area contributed by atoms with Gasteiger partial charge in [-0.3, -0.25) is 4.79 Å². The van der Waals surface area contributed by atoms with Crippen molar-refractivity contribution < 1.29 is 22.7 Å². The van der Waals surface area contributed by atoms with E-state index in [-0.39, 0.29) is 18.1 Å². The van der Waals surface area contributed by atoms with Gasteiger partial charge in [-0.1, -0.05) is 12.1 Å². The summed E-state index contributed by atoms with van der Waals surface area (Å²) in [5, 5.41) is 2.78. The number of amides is 1. The van der Waals surface area contributed by atoms with E-state index in [2.05, 4.69) is 10.1 Å². The molecule has 1 aromatic rings. The molecule has 0 atom stereocenters. The fourth-order valence-corrected chi connectivity index (χ4v) is 1.61. The number of alkyl halides is 3. The molecule has 7 heteroatoms. The number of hydrogen-bond donors (Lipinski definition) is 2. The van der Waals surface area contributed by atoms with Crippen LogP contribution in [0.2, 0.25) is 0 Å². The highest BCUT2D eigenvalue weighted by molar-refractivity contribution is 5.77. The molecule has 0 unspecified atom stereocenters. The van der Waals surface area contributed by atoms with Crippen molar-refractivity contribution in [2.75, 3.05) is 6.54 Å². The summed E-state index contributed by atoms with van der Waals surface area (Å²) >= 11 is 0. The number of rotatable bonds is 6. The Labute approximate surface area is 121 Å². The van der Waals surface area contributed by atoms with Crippen molar-refractivity contribution in [1.82, 2.24) is 5.32 Å². The Hall–Kier alpha value is -1.76. The first-order chi connectivity index (χ1) is 9.61. The van der Waals surface area contributed by atoms with Crippen molar-refractivity contribution >= 4 is 5.91 Å². The standard InChI is InChI=1S/C14H19F3N2O2/c1-13(2,9-18)19-12(20)8-5-10-3-6-11(7-4-10)21-14(15,16)17/h3-4,6-7H,5,8-9,18H2,1-2H3,(H,19,20). The summed E-state index contributed by atoms with van der Waals surface area (Å²) in [6, 6.07) is 5.46. The van der Waals surface area contributed by atoms with Gasteiger partial charge in [0.15, 0.2) is 0 Å². The highest BCUT2D eigenvalue weighted by Gasteiger charge is 2.30. The van der Waals surface area contributed by atoms with Crippen LogP contribution in [-0.4, -0.2) is 24.4 Å². The van der Waals surface area contributed by atoms with Crippen molar-refractivity contribution in [2.45, 2.75) is 38.6 Å². The zero-order valence-electron chi connectivity index (χ0n) is 12.0. The summed E-state index contributed by atoms with van der Waals surface area (Å²) in [7, 11) is 0. The number of nitrogens with two attached hydrogens (primary N) is 1. The van der Waals surface area contributed by atoms with Crippen LogP contribution in [0.5, 0.6) is 5.75 Å². The normalized spacial score (nSPS) is 12.1. The van der Waals surface area contributed by atoms with E-state index in [1.807, 2.05) is 13.8 Å². The lowest BCUT2D eigenvalue weighted by molar-refractivity contribution is -0.274. The Bertz CT molecular complexity index is 470. The van der Waals surface area contributed by atoms with Crippen molar-refractivity contribution in [3.8, 4) is 5.75 Å². The number of ether oxygens (including phenoxy) is 1. The molecular formula is C14H19F3N2O2. The van der Waals surface area contributed by atoms with Crippen LogP contribution >= 0.6 is 0 Å². The van der Waals surface area contributed by atoms with Crippen LogP contribution in [0.25, 0.3) is 0 Å². The predicted molar refractivity (Wildman–Crippen MR) is 72.7 cm³/mol. The highest BCUT2D eigenvalue weighted by Crippen LogP contribution is 2.23. The minimum atomic E-state index is -4.70. The molecule has 21 heavy (non-hydrogen) atoms. The largest absolute Gasteiger partial charge is 0.573 e. The summed E-state index contributed by atoms with van der Waals surface area (Å²) < 4.78 is 39.8. The Kier molecular flexibility index (Phi) is 5.60. The molecule has 3 N–H and O–H groups in total. The lowest BCUT2D eigenvalue weighted by atomic mass is 10.0. The molecule has 0 aliphatic heterocycles. The van der Waals surface area contributed by atoms with Gasteiger partial charge >= 0.3 is 6.36 Å². The molecule has 1 rings (SSSR count). The average molecular weight is 304 g/mol. The predicted octanol–water partition coefficient (Wildman–Crippen LogP) is 2.37. The minimum absolute atomic E-state index is 0.152. The number of halogens is 3. The third-order valence-electron chi connectivity index (χ3n) is 2.79. The average Bonchev–Trinajstić information content (AvgIpc) is 2.36. The second-order valence-electron chi connectivity index (χ2n) is 5.33. The summed E-state index contributed by atoms with van der Waals surface area (Å²) in [6.07, 6.45) is -4.03. The summed E-state index contributed by atoms with van der Waals surface area (Å²) in [5.74, 6) is -0.430. The third-order valence-corrected chi connectivity index (χ3v) is 2.79. The van der Waals surface area contributed by atoms with Crippen LogP contribution in [0.4, 0.5) is 13.2 Å². The zero-order valence-corrected chi connectivity index (χ0v) is 12.0. The molecule has 0 radical (unpaired) electrons. The van der Waals surface area contributed by atoms with Crippen LogP contribution < -0.4 is 15.8 Å². The van der Waals surface area contributed by atoms with E-state index in [4.69, 9.17) is 5.73 Å². The van der Waals surface area contributed by atoms with Crippen LogP contribution in [0.15, 0.2) is 24.3 Å². The second kappa shape index (κ2) is 6.80. The third kappa shape index (κ3) is 6.99. The summed E-state index contributed by atoms with van der Waals surface area (Å²) in [4.78, 5) is 11.7. The Balaban J connectivity index is 2.48. The van der Waals surface area contributed by atoms with Crippen LogP contribution in [-0.2, 0) is 11.2 Å². The molecule has 0 bridgehead atoms. The Morgan fingerprint density at radius 1 is 1.24 bits per heavy atom. The molecule has 0 fully saturated rings. The topological polar surface area (TPSA) is 64.3 Å². The van der Waals surface area contributed by atoms with Crippen molar-refractivity contribution in [2.24, 2.45) is 5.73 Å². The molecule has 0 spiro atoms. The van der Waals surface area contributed by atoms with Crippen LogP contribution in [0.3, 0.4) is 0 Å². The van der Waals surface area contributed by atoms with Gasteiger partial charge in [0.1, 0.15) is 5.75 Å². The molecule has 0 heterocycles. The number of hydrogen-bond acceptors (Lipinski definition) is 3. The quantitative estimate of drug-likeness (QED) is 0.848. The molecule has 1 aromatic carbocycles. The van der Waals surface area contributed by atoms with Gasteiger partial charge in [-0.05, 0) is 38.0 Å². The summed E-state index contributed by atoms with van der Waals surface area (Å²) in [6.45, 7) is 3.95. The van der Waals surface area contributed by atoms with E-state index in [1.54, 1.807) is 0 Å². The summed E-state index contributed by atoms with van der Waals surface area (Å²) in [5.41, 5.74) is 5.79. The molecule has 0 aliphatic rings. The van der Waals surface area contributed by atoms with E-state index in [0.29, 0.717) is 13.0 Å². The molecule has 0 aliphatic carbocycles. The number of carbonyl (C=O) groups is 1. The van der Waals surface area contributed by atoms with Gasteiger partial charge in [-0.25, -0.2) is 0 Å². The first-order valence-electron chi connectivity index (χ1n) is 6.47.